The summed E-state index contributed by atoms with van der Waals surface area (Å²) in [6.07, 6.45) is 2.42. The summed E-state index contributed by atoms with van der Waals surface area (Å²) < 4.78 is 5.60. The van der Waals surface area contributed by atoms with Crippen molar-refractivity contribution in [3.8, 4) is 0 Å². The van der Waals surface area contributed by atoms with E-state index in [-0.39, 0.29) is 29.5 Å². The minimum absolute atomic E-state index is 0.0426. The lowest BCUT2D eigenvalue weighted by molar-refractivity contribution is -0.149. The van der Waals surface area contributed by atoms with Gasteiger partial charge in [0.2, 0.25) is 5.91 Å². The van der Waals surface area contributed by atoms with Gasteiger partial charge in [-0.25, -0.2) is 0 Å². The van der Waals surface area contributed by atoms with Crippen LogP contribution in [0.3, 0.4) is 0 Å². The van der Waals surface area contributed by atoms with Gasteiger partial charge < -0.3 is 15.0 Å². The van der Waals surface area contributed by atoms with E-state index >= 15 is 0 Å². The topological polar surface area (TPSA) is 41.6 Å². The predicted octanol–water partition coefficient (Wildman–Crippen LogP) is 1.40. The normalized spacial score (nSPS) is 36.4. The SMILES string of the molecule is CC1CN(C(=O)C2NCCCC2(C)C)C(C)CO1. The van der Waals surface area contributed by atoms with E-state index in [1.807, 2.05) is 11.8 Å². The van der Waals surface area contributed by atoms with Crippen molar-refractivity contribution in [3.63, 3.8) is 0 Å². The highest BCUT2D eigenvalue weighted by molar-refractivity contribution is 5.83. The fourth-order valence-corrected chi connectivity index (χ4v) is 3.01. The van der Waals surface area contributed by atoms with Gasteiger partial charge in [0, 0.05) is 6.54 Å². The zero-order valence-electron chi connectivity index (χ0n) is 12.0. The van der Waals surface area contributed by atoms with Crippen molar-refractivity contribution in [3.05, 3.63) is 0 Å². The molecule has 0 spiro atoms. The first kappa shape index (κ1) is 13.8. The van der Waals surface area contributed by atoms with Gasteiger partial charge in [-0.15, -0.1) is 0 Å². The van der Waals surface area contributed by atoms with E-state index in [1.165, 1.54) is 0 Å². The van der Waals surface area contributed by atoms with Crippen molar-refractivity contribution in [2.75, 3.05) is 19.7 Å². The molecule has 2 rings (SSSR count). The Hall–Kier alpha value is -0.610. The molecule has 2 aliphatic heterocycles. The van der Waals surface area contributed by atoms with Crippen molar-refractivity contribution in [2.24, 2.45) is 5.41 Å². The number of nitrogens with zero attached hydrogens (tertiary/aromatic N) is 1. The van der Waals surface area contributed by atoms with E-state index in [9.17, 15) is 4.79 Å². The van der Waals surface area contributed by atoms with Crippen LogP contribution in [-0.2, 0) is 9.53 Å². The lowest BCUT2D eigenvalue weighted by Gasteiger charge is -2.44. The van der Waals surface area contributed by atoms with Crippen LogP contribution in [0.15, 0.2) is 0 Å². The van der Waals surface area contributed by atoms with Gasteiger partial charge >= 0.3 is 0 Å². The number of morpholine rings is 1. The largest absolute Gasteiger partial charge is 0.375 e. The van der Waals surface area contributed by atoms with Crippen LogP contribution >= 0.6 is 0 Å². The minimum Gasteiger partial charge on any atom is -0.375 e. The second-order valence-electron chi connectivity index (χ2n) is 6.46. The Kier molecular flexibility index (Phi) is 3.97. The molecular weight excluding hydrogens is 228 g/mol. The van der Waals surface area contributed by atoms with Crippen molar-refractivity contribution >= 4 is 5.91 Å². The first-order valence-corrected chi connectivity index (χ1v) is 7.07. The molecule has 2 heterocycles. The molecular formula is C14H26N2O2. The first-order chi connectivity index (χ1) is 8.42. The molecule has 4 nitrogen and oxygen atoms in total. The fraction of sp³-hybridized carbons (Fsp3) is 0.929. The van der Waals surface area contributed by atoms with Crippen molar-refractivity contribution in [2.45, 2.75) is 58.7 Å². The molecule has 0 saturated carbocycles. The Morgan fingerprint density at radius 2 is 2.11 bits per heavy atom. The van der Waals surface area contributed by atoms with Crippen molar-refractivity contribution in [1.82, 2.24) is 10.2 Å². The molecule has 0 aromatic heterocycles. The Balaban J connectivity index is 2.09. The summed E-state index contributed by atoms with van der Waals surface area (Å²) in [5, 5.41) is 3.41. The quantitative estimate of drug-likeness (QED) is 0.769. The van der Waals surface area contributed by atoms with Gasteiger partial charge in [-0.2, -0.15) is 0 Å². The second-order valence-corrected chi connectivity index (χ2v) is 6.46. The molecule has 2 aliphatic rings. The molecule has 0 aromatic carbocycles. The van der Waals surface area contributed by atoms with Crippen LogP contribution in [0.1, 0.15) is 40.5 Å². The van der Waals surface area contributed by atoms with Gasteiger partial charge in [0.1, 0.15) is 0 Å². The number of amides is 1. The number of rotatable bonds is 1. The van der Waals surface area contributed by atoms with E-state index < -0.39 is 0 Å². The van der Waals surface area contributed by atoms with Gasteiger partial charge in [0.25, 0.3) is 0 Å². The van der Waals surface area contributed by atoms with Gasteiger partial charge in [0.15, 0.2) is 0 Å². The maximum Gasteiger partial charge on any atom is 0.240 e. The lowest BCUT2D eigenvalue weighted by atomic mass is 9.77. The third-order valence-corrected chi connectivity index (χ3v) is 4.27. The van der Waals surface area contributed by atoms with E-state index in [4.69, 9.17) is 4.74 Å². The van der Waals surface area contributed by atoms with E-state index in [2.05, 4.69) is 26.1 Å². The summed E-state index contributed by atoms with van der Waals surface area (Å²) in [6, 6.07) is 0.146. The number of hydrogen-bond donors (Lipinski definition) is 1. The number of carbonyl (C=O) groups excluding carboxylic acids is 1. The molecule has 3 atom stereocenters. The molecule has 2 saturated heterocycles. The number of hydrogen-bond acceptors (Lipinski definition) is 3. The Morgan fingerprint density at radius 3 is 2.78 bits per heavy atom. The second kappa shape index (κ2) is 5.17. The highest BCUT2D eigenvalue weighted by atomic mass is 16.5. The van der Waals surface area contributed by atoms with Gasteiger partial charge in [-0.3, -0.25) is 4.79 Å². The molecule has 2 fully saturated rings. The van der Waals surface area contributed by atoms with Crippen molar-refractivity contribution < 1.29 is 9.53 Å². The molecule has 0 radical (unpaired) electrons. The molecule has 1 amide bonds. The number of carbonyl (C=O) groups is 1. The number of nitrogens with one attached hydrogen (secondary N) is 1. The zero-order chi connectivity index (χ0) is 13.3. The highest BCUT2D eigenvalue weighted by Crippen LogP contribution is 2.31. The van der Waals surface area contributed by atoms with Crippen LogP contribution in [0.25, 0.3) is 0 Å². The Bertz CT molecular complexity index is 317. The monoisotopic (exact) mass is 254 g/mol. The average molecular weight is 254 g/mol. The third-order valence-electron chi connectivity index (χ3n) is 4.27. The van der Waals surface area contributed by atoms with Crippen LogP contribution in [-0.4, -0.2) is 48.7 Å². The lowest BCUT2D eigenvalue weighted by Crippen LogP contribution is -2.61. The van der Waals surface area contributed by atoms with Crippen LogP contribution in [0, 0.1) is 5.41 Å². The van der Waals surface area contributed by atoms with E-state index in [1.54, 1.807) is 0 Å². The summed E-state index contributed by atoms with van der Waals surface area (Å²) >= 11 is 0. The van der Waals surface area contributed by atoms with Crippen LogP contribution in [0.4, 0.5) is 0 Å². The molecule has 0 aromatic rings. The van der Waals surface area contributed by atoms with Crippen molar-refractivity contribution in [1.29, 1.82) is 0 Å². The summed E-state index contributed by atoms with van der Waals surface area (Å²) in [5.41, 5.74) is 0.0522. The molecule has 104 valence electrons. The summed E-state index contributed by atoms with van der Waals surface area (Å²) in [6.45, 7) is 10.8. The zero-order valence-corrected chi connectivity index (χ0v) is 12.0. The summed E-state index contributed by atoms with van der Waals surface area (Å²) in [4.78, 5) is 14.7. The highest BCUT2D eigenvalue weighted by Gasteiger charge is 2.41. The molecule has 0 aliphatic carbocycles. The maximum absolute atomic E-state index is 12.7. The summed E-state index contributed by atoms with van der Waals surface area (Å²) in [5.74, 6) is 0.252. The Labute approximate surface area is 110 Å². The smallest absolute Gasteiger partial charge is 0.240 e. The standard InChI is InChI=1S/C14H26N2O2/c1-10-9-18-11(2)8-16(10)13(17)12-14(3,4)6-5-7-15-12/h10-12,15H,5-9H2,1-4H3. The molecule has 3 unspecified atom stereocenters. The third kappa shape index (κ3) is 2.69. The predicted molar refractivity (Wildman–Crippen MR) is 71.4 cm³/mol. The van der Waals surface area contributed by atoms with Gasteiger partial charge in [-0.05, 0) is 38.6 Å². The summed E-state index contributed by atoms with van der Waals surface area (Å²) in [7, 11) is 0. The molecule has 18 heavy (non-hydrogen) atoms. The fourth-order valence-electron chi connectivity index (χ4n) is 3.01. The molecule has 0 bridgehead atoms. The molecule has 4 heteroatoms. The minimum atomic E-state index is -0.0426. The average Bonchev–Trinajstić information content (AvgIpc) is 2.31. The first-order valence-electron chi connectivity index (χ1n) is 7.07. The Morgan fingerprint density at radius 1 is 1.39 bits per heavy atom. The van der Waals surface area contributed by atoms with E-state index in [0.717, 1.165) is 19.4 Å². The molecule has 1 N–H and O–H groups in total. The maximum atomic E-state index is 12.7. The number of ether oxygens (including phenoxy) is 1. The van der Waals surface area contributed by atoms with Gasteiger partial charge in [-0.1, -0.05) is 13.8 Å². The van der Waals surface area contributed by atoms with Crippen LogP contribution in [0.5, 0.6) is 0 Å². The van der Waals surface area contributed by atoms with Crippen LogP contribution < -0.4 is 5.32 Å². The van der Waals surface area contributed by atoms with E-state index in [0.29, 0.717) is 13.2 Å². The van der Waals surface area contributed by atoms with Crippen LogP contribution in [0.2, 0.25) is 0 Å². The number of piperidine rings is 1. The van der Waals surface area contributed by atoms with Gasteiger partial charge in [0.05, 0.1) is 24.8 Å².